The summed E-state index contributed by atoms with van der Waals surface area (Å²) in [6, 6.07) is 13.5. The van der Waals surface area contributed by atoms with Gasteiger partial charge in [-0.15, -0.1) is 0 Å². The first kappa shape index (κ1) is 15.4. The van der Waals surface area contributed by atoms with E-state index in [0.717, 1.165) is 22.4 Å². The quantitative estimate of drug-likeness (QED) is 0.864. The first-order valence-corrected chi connectivity index (χ1v) is 7.86. The summed E-state index contributed by atoms with van der Waals surface area (Å²) in [6.45, 7) is 2.90. The highest BCUT2D eigenvalue weighted by Gasteiger charge is 2.27. The Morgan fingerprint density at radius 1 is 1.13 bits per heavy atom. The van der Waals surface area contributed by atoms with E-state index in [4.69, 9.17) is 5.73 Å². The topological polar surface area (TPSA) is 63.4 Å². The van der Waals surface area contributed by atoms with Crippen molar-refractivity contribution in [2.45, 2.75) is 32.9 Å². The number of hydrogen-bond acceptors (Lipinski definition) is 3. The summed E-state index contributed by atoms with van der Waals surface area (Å²) in [5, 5.41) is 0. The third-order valence-electron chi connectivity index (χ3n) is 4.26. The van der Waals surface area contributed by atoms with Gasteiger partial charge < -0.3 is 10.6 Å². The van der Waals surface area contributed by atoms with Crippen LogP contribution in [0.15, 0.2) is 42.5 Å². The highest BCUT2D eigenvalue weighted by Crippen LogP contribution is 2.31. The average molecular weight is 308 g/mol. The summed E-state index contributed by atoms with van der Waals surface area (Å²) < 4.78 is 0. The molecule has 23 heavy (non-hydrogen) atoms. The second-order valence-corrected chi connectivity index (χ2v) is 5.80. The molecule has 4 heteroatoms. The Morgan fingerprint density at radius 2 is 1.83 bits per heavy atom. The van der Waals surface area contributed by atoms with Crippen molar-refractivity contribution in [3.8, 4) is 0 Å². The molecule has 1 heterocycles. The zero-order chi connectivity index (χ0) is 16.4. The summed E-state index contributed by atoms with van der Waals surface area (Å²) in [7, 11) is 0. The van der Waals surface area contributed by atoms with Gasteiger partial charge in [0.1, 0.15) is 0 Å². The van der Waals surface area contributed by atoms with Crippen LogP contribution in [0.5, 0.6) is 0 Å². The van der Waals surface area contributed by atoms with Crippen LogP contribution in [0.1, 0.15) is 40.4 Å². The van der Waals surface area contributed by atoms with Gasteiger partial charge in [-0.2, -0.15) is 0 Å². The van der Waals surface area contributed by atoms with Crippen molar-refractivity contribution >= 4 is 17.4 Å². The van der Waals surface area contributed by atoms with Crippen LogP contribution in [0.3, 0.4) is 0 Å². The maximum atomic E-state index is 12.3. The third kappa shape index (κ3) is 3.03. The molecule has 0 fully saturated rings. The molecule has 0 atom stereocenters. The Kier molecular flexibility index (Phi) is 4.26. The van der Waals surface area contributed by atoms with Crippen LogP contribution in [0, 0.1) is 0 Å². The van der Waals surface area contributed by atoms with Crippen molar-refractivity contribution in [3.63, 3.8) is 0 Å². The number of Topliss-reactive ketones (excluding diaryl/α,β-unsaturated/α-hetero) is 1. The fourth-order valence-electron chi connectivity index (χ4n) is 2.90. The van der Waals surface area contributed by atoms with Gasteiger partial charge in [-0.25, -0.2) is 0 Å². The van der Waals surface area contributed by atoms with Gasteiger partial charge in [0.05, 0.1) is 13.0 Å². The number of hydrogen-bond donors (Lipinski definition) is 1. The number of nitrogens with two attached hydrogens (primary N) is 1. The van der Waals surface area contributed by atoms with Crippen molar-refractivity contribution in [1.82, 2.24) is 0 Å². The van der Waals surface area contributed by atoms with Crippen molar-refractivity contribution in [2.24, 2.45) is 5.73 Å². The fraction of sp³-hybridized carbons (Fsp3) is 0.263. The minimum Gasteiger partial charge on any atom is -0.326 e. The molecule has 118 valence electrons. The number of ketones is 1. The maximum Gasteiger partial charge on any atom is 0.231 e. The van der Waals surface area contributed by atoms with Gasteiger partial charge in [-0.3, -0.25) is 9.59 Å². The van der Waals surface area contributed by atoms with Gasteiger partial charge in [0.15, 0.2) is 5.78 Å². The number of rotatable bonds is 5. The first-order chi connectivity index (χ1) is 11.1. The van der Waals surface area contributed by atoms with Gasteiger partial charge in [0.25, 0.3) is 0 Å². The van der Waals surface area contributed by atoms with Crippen LogP contribution in [0.2, 0.25) is 0 Å². The molecule has 2 aromatic rings. The van der Waals surface area contributed by atoms with Crippen LogP contribution in [0.4, 0.5) is 5.69 Å². The number of carbonyl (C=O) groups is 2. The smallest absolute Gasteiger partial charge is 0.231 e. The molecule has 0 bridgehead atoms. The Morgan fingerprint density at radius 3 is 2.48 bits per heavy atom. The van der Waals surface area contributed by atoms with E-state index >= 15 is 0 Å². The summed E-state index contributed by atoms with van der Waals surface area (Å²) in [5.41, 5.74) is 10.3. The highest BCUT2D eigenvalue weighted by molar-refractivity contribution is 6.03. The van der Waals surface area contributed by atoms with Gasteiger partial charge in [0.2, 0.25) is 5.91 Å². The molecule has 3 rings (SSSR count). The van der Waals surface area contributed by atoms with Crippen LogP contribution in [0.25, 0.3) is 0 Å². The lowest BCUT2D eigenvalue weighted by atomic mass is 10.0. The van der Waals surface area contributed by atoms with E-state index in [1.165, 1.54) is 0 Å². The standard InChI is InChI=1S/C19H20N2O2/c1-2-18(22)15-7-8-17-16(9-15)10-19(23)21(17)12-14-5-3-13(11-20)4-6-14/h3-9H,2,10-12,20H2,1H3. The molecular weight excluding hydrogens is 288 g/mol. The van der Waals surface area contributed by atoms with Crippen LogP contribution in [-0.2, 0) is 24.3 Å². The molecule has 0 spiro atoms. The first-order valence-electron chi connectivity index (χ1n) is 7.86. The predicted octanol–water partition coefficient (Wildman–Crippen LogP) is 2.83. The Labute approximate surface area is 135 Å². The number of carbonyl (C=O) groups excluding carboxylic acids is 2. The van der Waals surface area contributed by atoms with Gasteiger partial charge >= 0.3 is 0 Å². The number of benzene rings is 2. The van der Waals surface area contributed by atoms with Crippen molar-refractivity contribution in [2.75, 3.05) is 4.90 Å². The lowest BCUT2D eigenvalue weighted by Gasteiger charge is -2.18. The van der Waals surface area contributed by atoms with E-state index in [0.29, 0.717) is 31.5 Å². The van der Waals surface area contributed by atoms with E-state index in [-0.39, 0.29) is 11.7 Å². The van der Waals surface area contributed by atoms with E-state index in [1.807, 2.05) is 49.4 Å². The van der Waals surface area contributed by atoms with Crippen molar-refractivity contribution < 1.29 is 9.59 Å². The Balaban J connectivity index is 1.85. The molecule has 0 radical (unpaired) electrons. The monoisotopic (exact) mass is 308 g/mol. The molecule has 0 aliphatic carbocycles. The molecule has 4 nitrogen and oxygen atoms in total. The zero-order valence-electron chi connectivity index (χ0n) is 13.2. The lowest BCUT2D eigenvalue weighted by Crippen LogP contribution is -2.25. The van der Waals surface area contributed by atoms with E-state index < -0.39 is 0 Å². The fourth-order valence-corrected chi connectivity index (χ4v) is 2.90. The Hall–Kier alpha value is -2.46. The van der Waals surface area contributed by atoms with E-state index in [1.54, 1.807) is 4.90 Å². The molecule has 2 aromatic carbocycles. The van der Waals surface area contributed by atoms with Crippen LogP contribution >= 0.6 is 0 Å². The second-order valence-electron chi connectivity index (χ2n) is 5.80. The van der Waals surface area contributed by atoms with Gasteiger partial charge in [-0.1, -0.05) is 31.2 Å². The lowest BCUT2D eigenvalue weighted by molar-refractivity contribution is -0.117. The maximum absolute atomic E-state index is 12.3. The predicted molar refractivity (Wildman–Crippen MR) is 90.3 cm³/mol. The molecule has 2 N–H and O–H groups in total. The molecule has 1 aliphatic heterocycles. The molecule has 1 amide bonds. The van der Waals surface area contributed by atoms with Gasteiger partial charge in [0, 0.05) is 24.2 Å². The summed E-state index contributed by atoms with van der Waals surface area (Å²) in [5.74, 6) is 0.181. The molecule has 0 saturated carbocycles. The molecule has 1 aliphatic rings. The van der Waals surface area contributed by atoms with E-state index in [9.17, 15) is 9.59 Å². The second kappa shape index (κ2) is 6.34. The number of amides is 1. The van der Waals surface area contributed by atoms with Crippen molar-refractivity contribution in [3.05, 3.63) is 64.7 Å². The average Bonchev–Trinajstić information content (AvgIpc) is 2.89. The summed E-state index contributed by atoms with van der Waals surface area (Å²) in [6.07, 6.45) is 0.838. The van der Waals surface area contributed by atoms with Crippen LogP contribution in [-0.4, -0.2) is 11.7 Å². The zero-order valence-corrected chi connectivity index (χ0v) is 13.2. The van der Waals surface area contributed by atoms with Crippen LogP contribution < -0.4 is 10.6 Å². The number of anilines is 1. The SMILES string of the molecule is CCC(=O)c1ccc2c(c1)CC(=O)N2Cc1ccc(CN)cc1. The Bertz CT molecular complexity index is 750. The minimum atomic E-state index is 0.0731. The van der Waals surface area contributed by atoms with E-state index in [2.05, 4.69) is 0 Å². The molecule has 0 saturated heterocycles. The summed E-state index contributed by atoms with van der Waals surface area (Å²) >= 11 is 0. The number of nitrogens with zero attached hydrogens (tertiary/aromatic N) is 1. The van der Waals surface area contributed by atoms with Crippen molar-refractivity contribution in [1.29, 1.82) is 0 Å². The minimum absolute atomic E-state index is 0.0731. The molecule has 0 aromatic heterocycles. The molecule has 0 unspecified atom stereocenters. The summed E-state index contributed by atoms with van der Waals surface area (Å²) in [4.78, 5) is 25.9. The largest absolute Gasteiger partial charge is 0.326 e. The molecular formula is C19H20N2O2. The van der Waals surface area contributed by atoms with Gasteiger partial charge in [-0.05, 0) is 34.9 Å². The highest BCUT2D eigenvalue weighted by atomic mass is 16.2. The number of fused-ring (bicyclic) bond motifs is 1. The normalized spacial score (nSPS) is 13.3. The third-order valence-corrected chi connectivity index (χ3v) is 4.26.